The third-order valence-corrected chi connectivity index (χ3v) is 3.80. The van der Waals surface area contributed by atoms with Gasteiger partial charge < -0.3 is 14.7 Å². The number of rotatable bonds is 9. The van der Waals surface area contributed by atoms with E-state index in [1.165, 1.54) is 5.56 Å². The van der Waals surface area contributed by atoms with E-state index in [1.54, 1.807) is 24.3 Å². The summed E-state index contributed by atoms with van der Waals surface area (Å²) in [6.45, 7) is 1.75. The highest BCUT2D eigenvalue weighted by Crippen LogP contribution is 2.12. The van der Waals surface area contributed by atoms with Gasteiger partial charge in [0.25, 0.3) is 0 Å². The maximum Gasteiger partial charge on any atom is 0.119 e. The van der Waals surface area contributed by atoms with Crippen LogP contribution in [0, 0.1) is 11.3 Å². The lowest BCUT2D eigenvalue weighted by Crippen LogP contribution is -2.33. The third kappa shape index (κ3) is 6.41. The number of benzene rings is 2. The van der Waals surface area contributed by atoms with Gasteiger partial charge in [0.1, 0.15) is 18.5 Å². The Morgan fingerprint density at radius 1 is 1.12 bits per heavy atom. The zero-order valence-electron chi connectivity index (χ0n) is 14.1. The van der Waals surface area contributed by atoms with Gasteiger partial charge in [0.15, 0.2) is 0 Å². The van der Waals surface area contributed by atoms with Crippen molar-refractivity contribution in [1.82, 2.24) is 4.90 Å². The second-order valence-electron chi connectivity index (χ2n) is 5.95. The molecule has 4 heteroatoms. The zero-order chi connectivity index (χ0) is 17.2. The van der Waals surface area contributed by atoms with E-state index in [0.29, 0.717) is 17.9 Å². The SMILES string of the molecule is CN(CCCc1ccccc1)CC(O)COc1ccc(C#N)cc1. The second kappa shape index (κ2) is 9.71. The molecule has 4 nitrogen and oxygen atoms in total. The van der Waals surface area contributed by atoms with E-state index in [2.05, 4.69) is 35.2 Å². The van der Waals surface area contributed by atoms with E-state index in [1.807, 2.05) is 13.1 Å². The van der Waals surface area contributed by atoms with Crippen molar-refractivity contribution in [2.24, 2.45) is 0 Å². The summed E-state index contributed by atoms with van der Waals surface area (Å²) >= 11 is 0. The topological polar surface area (TPSA) is 56.5 Å². The van der Waals surface area contributed by atoms with E-state index < -0.39 is 6.10 Å². The van der Waals surface area contributed by atoms with Crippen molar-refractivity contribution in [3.63, 3.8) is 0 Å². The molecule has 0 spiro atoms. The second-order valence-corrected chi connectivity index (χ2v) is 5.95. The minimum atomic E-state index is -0.539. The van der Waals surface area contributed by atoms with Gasteiger partial charge in [0.2, 0.25) is 0 Å². The third-order valence-electron chi connectivity index (χ3n) is 3.80. The van der Waals surface area contributed by atoms with Crippen LogP contribution in [0.3, 0.4) is 0 Å². The molecule has 0 saturated heterocycles. The molecule has 24 heavy (non-hydrogen) atoms. The van der Waals surface area contributed by atoms with Crippen LogP contribution in [0.2, 0.25) is 0 Å². The van der Waals surface area contributed by atoms with Crippen molar-refractivity contribution >= 4 is 0 Å². The molecule has 1 atom stereocenters. The van der Waals surface area contributed by atoms with Crippen LogP contribution in [0.1, 0.15) is 17.5 Å². The monoisotopic (exact) mass is 324 g/mol. The van der Waals surface area contributed by atoms with Gasteiger partial charge in [-0.2, -0.15) is 5.26 Å². The smallest absolute Gasteiger partial charge is 0.119 e. The number of likely N-dealkylation sites (N-methyl/N-ethyl adjacent to an activating group) is 1. The van der Waals surface area contributed by atoms with Gasteiger partial charge in [0, 0.05) is 6.54 Å². The molecular formula is C20H24N2O2. The summed E-state index contributed by atoms with van der Waals surface area (Å²) in [5.41, 5.74) is 1.94. The molecule has 0 saturated carbocycles. The first-order valence-electron chi connectivity index (χ1n) is 8.21. The summed E-state index contributed by atoms with van der Waals surface area (Å²) in [6.07, 6.45) is 1.56. The number of nitriles is 1. The number of hydrogen-bond acceptors (Lipinski definition) is 4. The first-order chi connectivity index (χ1) is 11.7. The molecule has 0 bridgehead atoms. The van der Waals surface area contributed by atoms with Gasteiger partial charge in [-0.15, -0.1) is 0 Å². The van der Waals surface area contributed by atoms with Crippen LogP contribution in [0.5, 0.6) is 5.75 Å². The lowest BCUT2D eigenvalue weighted by atomic mass is 10.1. The van der Waals surface area contributed by atoms with Gasteiger partial charge in [-0.25, -0.2) is 0 Å². The molecule has 0 radical (unpaired) electrons. The number of aliphatic hydroxyl groups is 1. The van der Waals surface area contributed by atoms with Gasteiger partial charge >= 0.3 is 0 Å². The molecule has 0 aliphatic rings. The summed E-state index contributed by atoms with van der Waals surface area (Å²) in [5.74, 6) is 0.666. The fourth-order valence-corrected chi connectivity index (χ4v) is 2.52. The van der Waals surface area contributed by atoms with Crippen LogP contribution in [-0.2, 0) is 6.42 Å². The molecule has 1 unspecified atom stereocenters. The molecule has 126 valence electrons. The number of aryl methyl sites for hydroxylation is 1. The summed E-state index contributed by atoms with van der Waals surface area (Å²) in [4.78, 5) is 2.12. The largest absolute Gasteiger partial charge is 0.491 e. The average molecular weight is 324 g/mol. The van der Waals surface area contributed by atoms with Crippen molar-refractivity contribution < 1.29 is 9.84 Å². The van der Waals surface area contributed by atoms with E-state index in [9.17, 15) is 5.11 Å². The predicted octanol–water partition coefficient (Wildman–Crippen LogP) is 2.86. The van der Waals surface area contributed by atoms with Crippen LogP contribution < -0.4 is 4.74 Å². The molecule has 2 aromatic carbocycles. The molecule has 0 aliphatic heterocycles. The molecule has 0 aromatic heterocycles. The van der Waals surface area contributed by atoms with E-state index in [0.717, 1.165) is 19.4 Å². The van der Waals surface area contributed by atoms with E-state index in [-0.39, 0.29) is 6.61 Å². The van der Waals surface area contributed by atoms with Gasteiger partial charge in [-0.3, -0.25) is 0 Å². The van der Waals surface area contributed by atoms with E-state index >= 15 is 0 Å². The summed E-state index contributed by atoms with van der Waals surface area (Å²) in [7, 11) is 2.01. The Hall–Kier alpha value is -2.35. The van der Waals surface area contributed by atoms with Crippen LogP contribution >= 0.6 is 0 Å². The molecule has 1 N–H and O–H groups in total. The number of ether oxygens (including phenoxy) is 1. The number of aliphatic hydroxyl groups excluding tert-OH is 1. The molecule has 2 aromatic rings. The Bertz CT molecular complexity index is 635. The van der Waals surface area contributed by atoms with Crippen LogP contribution in [0.25, 0.3) is 0 Å². The molecule has 0 amide bonds. The Balaban J connectivity index is 1.63. The van der Waals surface area contributed by atoms with Crippen LogP contribution in [0.15, 0.2) is 54.6 Å². The Kier molecular flexibility index (Phi) is 7.28. The average Bonchev–Trinajstić information content (AvgIpc) is 2.61. The van der Waals surface area contributed by atoms with Crippen molar-refractivity contribution in [2.45, 2.75) is 18.9 Å². The standard InChI is InChI=1S/C20H24N2O2/c1-22(13-5-8-17-6-3-2-4-7-17)15-19(23)16-24-20-11-9-18(14-21)10-12-20/h2-4,6-7,9-12,19,23H,5,8,13,15-16H2,1H3. The zero-order valence-corrected chi connectivity index (χ0v) is 14.1. The van der Waals surface area contributed by atoms with Crippen molar-refractivity contribution in [2.75, 3.05) is 26.7 Å². The van der Waals surface area contributed by atoms with Crippen LogP contribution in [0.4, 0.5) is 0 Å². The molecular weight excluding hydrogens is 300 g/mol. The summed E-state index contributed by atoms with van der Waals surface area (Å²) < 4.78 is 5.56. The maximum atomic E-state index is 10.1. The minimum Gasteiger partial charge on any atom is -0.491 e. The fourth-order valence-electron chi connectivity index (χ4n) is 2.52. The van der Waals surface area contributed by atoms with Crippen molar-refractivity contribution in [1.29, 1.82) is 5.26 Å². The lowest BCUT2D eigenvalue weighted by Gasteiger charge is -2.20. The molecule has 0 heterocycles. The van der Waals surface area contributed by atoms with Gasteiger partial charge in [-0.1, -0.05) is 30.3 Å². The highest BCUT2D eigenvalue weighted by molar-refractivity contribution is 5.34. The molecule has 0 fully saturated rings. The highest BCUT2D eigenvalue weighted by Gasteiger charge is 2.09. The quantitative estimate of drug-likeness (QED) is 0.770. The van der Waals surface area contributed by atoms with E-state index in [4.69, 9.17) is 10.00 Å². The molecule has 0 aliphatic carbocycles. The summed E-state index contributed by atoms with van der Waals surface area (Å²) in [6, 6.07) is 19.4. The number of hydrogen-bond donors (Lipinski definition) is 1. The Labute approximate surface area is 143 Å². The Morgan fingerprint density at radius 3 is 2.50 bits per heavy atom. The number of nitrogens with zero attached hydrogens (tertiary/aromatic N) is 2. The van der Waals surface area contributed by atoms with Crippen LogP contribution in [-0.4, -0.2) is 42.9 Å². The first kappa shape index (κ1) is 18.0. The maximum absolute atomic E-state index is 10.1. The predicted molar refractivity (Wildman–Crippen MR) is 94.9 cm³/mol. The highest BCUT2D eigenvalue weighted by atomic mass is 16.5. The van der Waals surface area contributed by atoms with Crippen molar-refractivity contribution in [3.05, 3.63) is 65.7 Å². The van der Waals surface area contributed by atoms with Gasteiger partial charge in [-0.05, 0) is 56.3 Å². The molecule has 2 rings (SSSR count). The normalized spacial score (nSPS) is 11.9. The minimum absolute atomic E-state index is 0.245. The lowest BCUT2D eigenvalue weighted by molar-refractivity contribution is 0.0761. The van der Waals surface area contributed by atoms with Crippen molar-refractivity contribution in [3.8, 4) is 11.8 Å². The fraction of sp³-hybridized carbons (Fsp3) is 0.350. The summed E-state index contributed by atoms with van der Waals surface area (Å²) in [5, 5.41) is 18.8. The Morgan fingerprint density at radius 2 is 1.83 bits per heavy atom. The van der Waals surface area contributed by atoms with Gasteiger partial charge in [0.05, 0.1) is 11.6 Å². The first-order valence-corrected chi connectivity index (χ1v) is 8.21.